The molecule has 0 fully saturated rings. The molecule has 0 saturated carbocycles. The molecule has 3 heteroatoms. The molecule has 0 atom stereocenters. The van der Waals surface area contributed by atoms with Crippen LogP contribution in [-0.4, -0.2) is 15.3 Å². The van der Waals surface area contributed by atoms with Gasteiger partial charge in [-0.25, -0.2) is 0 Å². The van der Waals surface area contributed by atoms with Gasteiger partial charge in [-0.3, -0.25) is 0 Å². The maximum atomic E-state index is 9.06. The fraction of sp³-hybridized carbons (Fsp3) is 0.111. The number of hydrogen-bond acceptors (Lipinski definition) is 3. The van der Waals surface area contributed by atoms with E-state index in [0.29, 0.717) is 5.56 Å². The van der Waals surface area contributed by atoms with Crippen LogP contribution in [0.5, 0.6) is 17.2 Å². The summed E-state index contributed by atoms with van der Waals surface area (Å²) >= 11 is 0. The Bertz CT molecular complexity index is 293. The average molecular weight is 166 g/mol. The number of allylic oxidation sites excluding steroid dienone is 1. The highest BCUT2D eigenvalue weighted by Gasteiger charge is 2.05. The van der Waals surface area contributed by atoms with Gasteiger partial charge in [-0.2, -0.15) is 0 Å². The van der Waals surface area contributed by atoms with E-state index in [4.69, 9.17) is 15.3 Å². The summed E-state index contributed by atoms with van der Waals surface area (Å²) in [5.74, 6) is -1.12. The zero-order valence-corrected chi connectivity index (χ0v) is 6.65. The predicted molar refractivity (Wildman–Crippen MR) is 46.1 cm³/mol. The molecule has 1 aromatic carbocycles. The smallest absolute Gasteiger partial charge is 0.200 e. The van der Waals surface area contributed by atoms with Crippen molar-refractivity contribution in [2.45, 2.75) is 6.92 Å². The molecule has 0 saturated heterocycles. The minimum absolute atomic E-state index is 0.317. The highest BCUT2D eigenvalue weighted by atomic mass is 16.3. The molecule has 12 heavy (non-hydrogen) atoms. The van der Waals surface area contributed by atoms with Crippen LogP contribution in [0.25, 0.3) is 6.08 Å². The molecule has 0 amide bonds. The van der Waals surface area contributed by atoms with Crippen LogP contribution in [0.2, 0.25) is 0 Å². The average Bonchev–Trinajstić information content (AvgIpc) is 2.01. The molecule has 0 aliphatic rings. The Kier molecular flexibility index (Phi) is 2.24. The molecule has 1 aromatic rings. The van der Waals surface area contributed by atoms with Crippen molar-refractivity contribution >= 4 is 6.08 Å². The van der Waals surface area contributed by atoms with Crippen LogP contribution in [0, 0.1) is 0 Å². The van der Waals surface area contributed by atoms with Gasteiger partial charge in [0, 0.05) is 0 Å². The topological polar surface area (TPSA) is 60.7 Å². The summed E-state index contributed by atoms with van der Waals surface area (Å²) in [5, 5.41) is 27.1. The molecule has 0 unspecified atom stereocenters. The van der Waals surface area contributed by atoms with Crippen molar-refractivity contribution in [3.63, 3.8) is 0 Å². The van der Waals surface area contributed by atoms with Crippen molar-refractivity contribution in [1.29, 1.82) is 0 Å². The zero-order valence-electron chi connectivity index (χ0n) is 6.65. The van der Waals surface area contributed by atoms with Gasteiger partial charge in [0.2, 0.25) is 0 Å². The summed E-state index contributed by atoms with van der Waals surface area (Å²) in [5.41, 5.74) is 0.644. The SMILES string of the molecule is CC=Cc1cc(O)c(O)c(O)c1. The van der Waals surface area contributed by atoms with Crippen molar-refractivity contribution in [3.8, 4) is 17.2 Å². The Morgan fingerprint density at radius 2 is 1.58 bits per heavy atom. The van der Waals surface area contributed by atoms with E-state index in [0.717, 1.165) is 0 Å². The predicted octanol–water partition coefficient (Wildman–Crippen LogP) is 1.84. The van der Waals surface area contributed by atoms with E-state index in [-0.39, 0.29) is 11.5 Å². The van der Waals surface area contributed by atoms with Crippen LogP contribution in [0.4, 0.5) is 0 Å². The van der Waals surface area contributed by atoms with Crippen molar-refractivity contribution in [3.05, 3.63) is 23.8 Å². The van der Waals surface area contributed by atoms with Crippen LogP contribution in [-0.2, 0) is 0 Å². The van der Waals surface area contributed by atoms with Crippen LogP contribution in [0.1, 0.15) is 12.5 Å². The molecule has 0 aliphatic carbocycles. The molecule has 0 bridgehead atoms. The molecule has 3 N–H and O–H groups in total. The number of phenols is 3. The summed E-state index contributed by atoms with van der Waals surface area (Å²) in [6.45, 7) is 1.82. The standard InChI is InChI=1S/C9H10O3/c1-2-3-6-4-7(10)9(12)8(11)5-6/h2-5,10-12H,1H3. The van der Waals surface area contributed by atoms with Gasteiger partial charge in [-0.1, -0.05) is 12.2 Å². The first-order valence-corrected chi connectivity index (χ1v) is 3.52. The van der Waals surface area contributed by atoms with Crippen LogP contribution in [0.3, 0.4) is 0 Å². The van der Waals surface area contributed by atoms with Gasteiger partial charge < -0.3 is 15.3 Å². The number of hydrogen-bond donors (Lipinski definition) is 3. The minimum atomic E-state index is -0.483. The number of aromatic hydroxyl groups is 3. The third-order valence-corrected chi connectivity index (χ3v) is 1.45. The lowest BCUT2D eigenvalue weighted by molar-refractivity contribution is 0.368. The van der Waals surface area contributed by atoms with Crippen LogP contribution in [0.15, 0.2) is 18.2 Å². The third-order valence-electron chi connectivity index (χ3n) is 1.45. The van der Waals surface area contributed by atoms with Crippen LogP contribution >= 0.6 is 0 Å². The van der Waals surface area contributed by atoms with E-state index < -0.39 is 5.75 Å². The largest absolute Gasteiger partial charge is 0.504 e. The molecule has 1 rings (SSSR count). The monoisotopic (exact) mass is 166 g/mol. The van der Waals surface area contributed by atoms with Gasteiger partial charge in [0.25, 0.3) is 0 Å². The third kappa shape index (κ3) is 1.50. The first-order chi connectivity index (χ1) is 5.65. The fourth-order valence-electron chi connectivity index (χ4n) is 0.914. The fourth-order valence-corrected chi connectivity index (χ4v) is 0.914. The van der Waals surface area contributed by atoms with Gasteiger partial charge in [-0.15, -0.1) is 0 Å². The molecular weight excluding hydrogens is 156 g/mol. The van der Waals surface area contributed by atoms with Crippen molar-refractivity contribution in [1.82, 2.24) is 0 Å². The maximum absolute atomic E-state index is 9.06. The molecule has 0 radical (unpaired) electrons. The lowest BCUT2D eigenvalue weighted by Crippen LogP contribution is -1.75. The summed E-state index contributed by atoms with van der Waals surface area (Å²) in [6, 6.07) is 2.74. The minimum Gasteiger partial charge on any atom is -0.504 e. The normalized spacial score (nSPS) is 10.8. The first kappa shape index (κ1) is 8.46. The molecule has 0 spiro atoms. The van der Waals surface area contributed by atoms with E-state index in [9.17, 15) is 0 Å². The molecule has 64 valence electrons. The molecule has 0 aliphatic heterocycles. The Morgan fingerprint density at radius 1 is 1.08 bits per heavy atom. The van der Waals surface area contributed by atoms with Crippen molar-refractivity contribution in [2.75, 3.05) is 0 Å². The van der Waals surface area contributed by atoms with Gasteiger partial charge in [-0.05, 0) is 24.6 Å². The Morgan fingerprint density at radius 3 is 2.00 bits per heavy atom. The molecule has 0 aromatic heterocycles. The first-order valence-electron chi connectivity index (χ1n) is 3.52. The van der Waals surface area contributed by atoms with Gasteiger partial charge in [0.1, 0.15) is 0 Å². The zero-order chi connectivity index (χ0) is 9.14. The Balaban J connectivity index is 3.21. The molecule has 0 heterocycles. The van der Waals surface area contributed by atoms with Crippen LogP contribution < -0.4 is 0 Å². The van der Waals surface area contributed by atoms with Gasteiger partial charge in [0.05, 0.1) is 0 Å². The van der Waals surface area contributed by atoms with E-state index in [1.54, 1.807) is 12.2 Å². The molecule has 3 nitrogen and oxygen atoms in total. The van der Waals surface area contributed by atoms with Gasteiger partial charge in [0.15, 0.2) is 17.2 Å². The summed E-state index contributed by atoms with van der Waals surface area (Å²) in [7, 11) is 0. The summed E-state index contributed by atoms with van der Waals surface area (Å²) < 4.78 is 0. The quantitative estimate of drug-likeness (QED) is 0.558. The lowest BCUT2D eigenvalue weighted by Gasteiger charge is -2.01. The molecular formula is C9H10O3. The highest BCUT2D eigenvalue weighted by molar-refractivity contribution is 5.60. The highest BCUT2D eigenvalue weighted by Crippen LogP contribution is 2.35. The van der Waals surface area contributed by atoms with Crippen molar-refractivity contribution in [2.24, 2.45) is 0 Å². The van der Waals surface area contributed by atoms with Gasteiger partial charge >= 0.3 is 0 Å². The van der Waals surface area contributed by atoms with E-state index in [1.165, 1.54) is 12.1 Å². The Labute approximate surface area is 70.2 Å². The maximum Gasteiger partial charge on any atom is 0.200 e. The lowest BCUT2D eigenvalue weighted by atomic mass is 10.2. The number of rotatable bonds is 1. The second-order valence-electron chi connectivity index (χ2n) is 2.41. The number of benzene rings is 1. The summed E-state index contributed by atoms with van der Waals surface area (Å²) in [6.07, 6.45) is 3.48. The second-order valence-corrected chi connectivity index (χ2v) is 2.41. The Hall–Kier alpha value is -1.64. The summed E-state index contributed by atoms with van der Waals surface area (Å²) in [4.78, 5) is 0. The number of phenolic OH excluding ortho intramolecular Hbond substituents is 3. The van der Waals surface area contributed by atoms with Crippen molar-refractivity contribution < 1.29 is 15.3 Å². The van der Waals surface area contributed by atoms with E-state index >= 15 is 0 Å². The van der Waals surface area contributed by atoms with E-state index in [2.05, 4.69) is 0 Å². The second kappa shape index (κ2) is 3.17. The van der Waals surface area contributed by atoms with E-state index in [1.807, 2.05) is 6.92 Å².